The molecule has 0 aliphatic heterocycles. The molecule has 112 valence electrons. The molecule has 0 aliphatic rings. The van der Waals surface area contributed by atoms with Crippen molar-refractivity contribution in [1.82, 2.24) is 14.8 Å². The van der Waals surface area contributed by atoms with E-state index in [4.69, 9.17) is 28.6 Å². The van der Waals surface area contributed by atoms with Crippen molar-refractivity contribution >= 4 is 23.8 Å². The first-order valence-corrected chi connectivity index (χ1v) is 7.55. The number of halogens is 1. The van der Waals surface area contributed by atoms with Crippen molar-refractivity contribution in [2.24, 2.45) is 0 Å². The van der Waals surface area contributed by atoms with Crippen LogP contribution in [0.1, 0.15) is 11.4 Å². The number of ether oxygens (including phenoxy) is 1. The van der Waals surface area contributed by atoms with Gasteiger partial charge in [-0.25, -0.2) is 0 Å². The zero-order chi connectivity index (χ0) is 15.5. The fourth-order valence-electron chi connectivity index (χ4n) is 2.17. The van der Waals surface area contributed by atoms with Crippen LogP contribution in [-0.4, -0.2) is 14.8 Å². The molecule has 0 aliphatic carbocycles. The molecule has 6 heteroatoms. The predicted molar refractivity (Wildman–Crippen MR) is 89.3 cm³/mol. The van der Waals surface area contributed by atoms with Crippen LogP contribution in [0.15, 0.2) is 48.5 Å². The lowest BCUT2D eigenvalue weighted by Gasteiger charge is -2.11. The van der Waals surface area contributed by atoms with Gasteiger partial charge in [0.15, 0.2) is 10.6 Å². The van der Waals surface area contributed by atoms with Crippen LogP contribution in [0, 0.1) is 11.7 Å². The largest absolute Gasteiger partial charge is 0.485 e. The van der Waals surface area contributed by atoms with Gasteiger partial charge in [0.2, 0.25) is 0 Å². The number of hydrogen-bond acceptors (Lipinski definition) is 3. The number of benzene rings is 2. The maximum atomic E-state index is 6.25. The Balaban J connectivity index is 1.92. The molecule has 22 heavy (non-hydrogen) atoms. The summed E-state index contributed by atoms with van der Waals surface area (Å²) >= 11 is 11.6. The lowest BCUT2D eigenvalue weighted by molar-refractivity contribution is 0.291. The SMILES string of the molecule is Cc1ccccc1OCc1n[nH]c(=S)n1-c1ccccc1Cl. The third kappa shape index (κ3) is 2.91. The number of hydrogen-bond donors (Lipinski definition) is 1. The average Bonchev–Trinajstić information content (AvgIpc) is 2.88. The molecule has 1 heterocycles. The molecule has 4 nitrogen and oxygen atoms in total. The highest BCUT2D eigenvalue weighted by Gasteiger charge is 2.12. The van der Waals surface area contributed by atoms with E-state index in [9.17, 15) is 0 Å². The Morgan fingerprint density at radius 3 is 2.68 bits per heavy atom. The molecule has 0 amide bonds. The summed E-state index contributed by atoms with van der Waals surface area (Å²) in [5.74, 6) is 1.49. The zero-order valence-corrected chi connectivity index (χ0v) is 13.5. The highest BCUT2D eigenvalue weighted by atomic mass is 35.5. The molecule has 0 fully saturated rings. The smallest absolute Gasteiger partial charge is 0.200 e. The van der Waals surface area contributed by atoms with Crippen molar-refractivity contribution in [3.63, 3.8) is 0 Å². The van der Waals surface area contributed by atoms with Gasteiger partial charge in [-0.2, -0.15) is 5.10 Å². The highest BCUT2D eigenvalue weighted by Crippen LogP contribution is 2.22. The number of aromatic nitrogens is 3. The van der Waals surface area contributed by atoms with E-state index in [-0.39, 0.29) is 0 Å². The lowest BCUT2D eigenvalue weighted by Crippen LogP contribution is -2.06. The van der Waals surface area contributed by atoms with E-state index >= 15 is 0 Å². The van der Waals surface area contributed by atoms with Gasteiger partial charge >= 0.3 is 0 Å². The van der Waals surface area contributed by atoms with E-state index in [0.717, 1.165) is 17.0 Å². The van der Waals surface area contributed by atoms with E-state index in [1.807, 2.05) is 55.5 Å². The number of aryl methyl sites for hydroxylation is 1. The number of rotatable bonds is 4. The van der Waals surface area contributed by atoms with Crippen molar-refractivity contribution in [2.75, 3.05) is 0 Å². The number of para-hydroxylation sites is 2. The van der Waals surface area contributed by atoms with Crippen LogP contribution in [0.2, 0.25) is 5.02 Å². The van der Waals surface area contributed by atoms with Gasteiger partial charge in [-0.1, -0.05) is 41.9 Å². The van der Waals surface area contributed by atoms with E-state index in [0.29, 0.717) is 22.2 Å². The van der Waals surface area contributed by atoms with Crippen molar-refractivity contribution in [1.29, 1.82) is 0 Å². The summed E-state index contributed by atoms with van der Waals surface area (Å²) in [6, 6.07) is 15.3. The molecular formula is C16H14ClN3OS. The van der Waals surface area contributed by atoms with Gasteiger partial charge in [0.1, 0.15) is 12.4 Å². The summed E-state index contributed by atoms with van der Waals surface area (Å²) in [5.41, 5.74) is 1.85. The first-order chi connectivity index (χ1) is 10.7. The van der Waals surface area contributed by atoms with Gasteiger partial charge in [-0.15, -0.1) is 0 Å². The molecule has 3 rings (SSSR count). The van der Waals surface area contributed by atoms with Crippen molar-refractivity contribution in [3.8, 4) is 11.4 Å². The maximum Gasteiger partial charge on any atom is 0.200 e. The Hall–Kier alpha value is -2.11. The van der Waals surface area contributed by atoms with E-state index in [2.05, 4.69) is 10.2 Å². The van der Waals surface area contributed by atoms with Gasteiger partial charge in [0, 0.05) is 0 Å². The number of H-pyrrole nitrogens is 1. The van der Waals surface area contributed by atoms with Crippen LogP contribution < -0.4 is 4.74 Å². The Kier molecular flexibility index (Phi) is 4.27. The van der Waals surface area contributed by atoms with Crippen molar-refractivity contribution in [2.45, 2.75) is 13.5 Å². The van der Waals surface area contributed by atoms with Crippen LogP contribution in [0.3, 0.4) is 0 Å². The lowest BCUT2D eigenvalue weighted by atomic mass is 10.2. The molecule has 0 atom stereocenters. The first-order valence-electron chi connectivity index (χ1n) is 6.76. The van der Waals surface area contributed by atoms with Crippen LogP contribution in [0.4, 0.5) is 0 Å². The van der Waals surface area contributed by atoms with E-state index in [1.54, 1.807) is 4.57 Å². The second-order valence-electron chi connectivity index (χ2n) is 4.79. The molecule has 0 saturated heterocycles. The minimum atomic E-state index is 0.295. The number of nitrogens with one attached hydrogen (secondary N) is 1. The molecule has 1 N–H and O–H groups in total. The molecule has 2 aromatic carbocycles. The van der Waals surface area contributed by atoms with Gasteiger partial charge in [-0.3, -0.25) is 9.67 Å². The summed E-state index contributed by atoms with van der Waals surface area (Å²) in [6.45, 7) is 2.30. The maximum absolute atomic E-state index is 6.25. The summed E-state index contributed by atoms with van der Waals surface area (Å²) in [6.07, 6.45) is 0. The summed E-state index contributed by atoms with van der Waals surface area (Å²) in [4.78, 5) is 0. The predicted octanol–water partition coefficient (Wildman–Crippen LogP) is 4.47. The fourth-order valence-corrected chi connectivity index (χ4v) is 2.64. The van der Waals surface area contributed by atoms with Gasteiger partial charge in [-0.05, 0) is 42.9 Å². The van der Waals surface area contributed by atoms with E-state index < -0.39 is 0 Å². The quantitative estimate of drug-likeness (QED) is 0.717. The zero-order valence-electron chi connectivity index (χ0n) is 11.9. The Morgan fingerprint density at radius 2 is 1.91 bits per heavy atom. The molecule has 0 saturated carbocycles. The molecule has 1 aromatic heterocycles. The normalized spacial score (nSPS) is 10.6. The Morgan fingerprint density at radius 1 is 1.18 bits per heavy atom. The number of aromatic amines is 1. The third-order valence-electron chi connectivity index (χ3n) is 3.29. The van der Waals surface area contributed by atoms with Gasteiger partial charge < -0.3 is 4.74 Å². The monoisotopic (exact) mass is 331 g/mol. The third-order valence-corrected chi connectivity index (χ3v) is 3.88. The molecule has 0 radical (unpaired) electrons. The van der Waals surface area contributed by atoms with Crippen LogP contribution in [0.5, 0.6) is 5.75 Å². The second kappa shape index (κ2) is 6.34. The molecular weight excluding hydrogens is 318 g/mol. The minimum Gasteiger partial charge on any atom is -0.485 e. The highest BCUT2D eigenvalue weighted by molar-refractivity contribution is 7.71. The van der Waals surface area contributed by atoms with Crippen LogP contribution in [0.25, 0.3) is 5.69 Å². The summed E-state index contributed by atoms with van der Waals surface area (Å²) in [7, 11) is 0. The second-order valence-corrected chi connectivity index (χ2v) is 5.58. The number of nitrogens with zero attached hydrogens (tertiary/aromatic N) is 2. The Bertz CT molecular complexity index is 856. The van der Waals surface area contributed by atoms with Crippen molar-refractivity contribution < 1.29 is 4.74 Å². The van der Waals surface area contributed by atoms with Crippen LogP contribution in [-0.2, 0) is 6.61 Å². The standard InChI is InChI=1S/C16H14ClN3OS/c1-11-6-2-5-9-14(11)21-10-15-18-19-16(22)20(15)13-8-4-3-7-12(13)17/h2-9H,10H2,1H3,(H,19,22). The Labute approximate surface area is 138 Å². The minimum absolute atomic E-state index is 0.295. The van der Waals surface area contributed by atoms with Crippen molar-refractivity contribution in [3.05, 3.63) is 69.7 Å². The van der Waals surface area contributed by atoms with Gasteiger partial charge in [0.05, 0.1) is 10.7 Å². The topological polar surface area (TPSA) is 42.8 Å². The average molecular weight is 332 g/mol. The summed E-state index contributed by atoms with van der Waals surface area (Å²) < 4.78 is 8.12. The fraction of sp³-hybridized carbons (Fsp3) is 0.125. The molecule has 0 spiro atoms. The summed E-state index contributed by atoms with van der Waals surface area (Å²) in [5, 5.41) is 7.64. The molecule has 3 aromatic rings. The molecule has 0 unspecified atom stereocenters. The van der Waals surface area contributed by atoms with Crippen LogP contribution >= 0.6 is 23.8 Å². The first kappa shape index (κ1) is 14.8. The van der Waals surface area contributed by atoms with Gasteiger partial charge in [0.25, 0.3) is 0 Å². The molecule has 0 bridgehead atoms. The van der Waals surface area contributed by atoms with E-state index in [1.165, 1.54) is 0 Å².